The summed E-state index contributed by atoms with van der Waals surface area (Å²) in [6.07, 6.45) is 0.551. The molecule has 0 radical (unpaired) electrons. The smallest absolute Gasteiger partial charge is 0.355 e. The third-order valence-electron chi connectivity index (χ3n) is 1.97. The van der Waals surface area contributed by atoms with E-state index in [1.807, 2.05) is 6.92 Å². The second-order valence-corrected chi connectivity index (χ2v) is 4.25. The van der Waals surface area contributed by atoms with E-state index >= 15 is 0 Å². The highest BCUT2D eigenvalue weighted by Crippen LogP contribution is 2.09. The van der Waals surface area contributed by atoms with Crippen molar-refractivity contribution in [2.24, 2.45) is 0 Å². The number of aromatic nitrogens is 1. The molecule has 0 spiro atoms. The van der Waals surface area contributed by atoms with E-state index in [1.54, 1.807) is 0 Å². The molecule has 0 atom stereocenters. The number of hydrogen-bond donors (Lipinski definition) is 3. The molecule has 3 N–H and O–H groups in total. The normalized spacial score (nSPS) is 10.2. The zero-order valence-corrected chi connectivity index (χ0v) is 10.3. The predicted molar refractivity (Wildman–Crippen MR) is 64.3 cm³/mol. The van der Waals surface area contributed by atoms with E-state index < -0.39 is 5.97 Å². The number of amides is 1. The minimum atomic E-state index is -1.02. The zero-order valence-electron chi connectivity index (χ0n) is 9.52. The van der Waals surface area contributed by atoms with Crippen LogP contribution >= 0.6 is 11.3 Å². The van der Waals surface area contributed by atoms with Crippen molar-refractivity contribution in [1.82, 2.24) is 15.6 Å². The summed E-state index contributed by atoms with van der Waals surface area (Å²) in [4.78, 5) is 25.7. The molecular weight excluding hydrogens is 242 g/mol. The van der Waals surface area contributed by atoms with Gasteiger partial charge in [0.2, 0.25) is 5.91 Å². The highest BCUT2D eigenvalue weighted by molar-refractivity contribution is 7.09. The first kappa shape index (κ1) is 13.6. The summed E-state index contributed by atoms with van der Waals surface area (Å²) in [5, 5.41) is 16.5. The molecule has 0 aliphatic carbocycles. The van der Waals surface area contributed by atoms with Crippen LogP contribution in [0, 0.1) is 0 Å². The molecule has 1 aromatic rings. The van der Waals surface area contributed by atoms with E-state index in [2.05, 4.69) is 15.6 Å². The van der Waals surface area contributed by atoms with Crippen molar-refractivity contribution in [1.29, 1.82) is 0 Å². The molecule has 0 aliphatic rings. The van der Waals surface area contributed by atoms with Crippen LogP contribution in [0.15, 0.2) is 5.38 Å². The molecule has 0 aliphatic heterocycles. The van der Waals surface area contributed by atoms with Gasteiger partial charge in [0.25, 0.3) is 0 Å². The molecule has 0 saturated heterocycles. The van der Waals surface area contributed by atoms with Crippen LogP contribution in [0.4, 0.5) is 0 Å². The number of hydrogen-bond acceptors (Lipinski definition) is 5. The Labute approximate surface area is 103 Å². The summed E-state index contributed by atoms with van der Waals surface area (Å²) in [7, 11) is 0. The summed E-state index contributed by atoms with van der Waals surface area (Å²) in [6, 6.07) is 0. The van der Waals surface area contributed by atoms with Gasteiger partial charge in [0.05, 0.1) is 11.6 Å². The summed E-state index contributed by atoms with van der Waals surface area (Å²) in [5.41, 5.74) is 0.0592. The zero-order chi connectivity index (χ0) is 12.7. The highest BCUT2D eigenvalue weighted by atomic mass is 32.1. The first-order valence-electron chi connectivity index (χ1n) is 5.28. The Balaban J connectivity index is 2.26. The van der Waals surface area contributed by atoms with E-state index in [-0.39, 0.29) is 11.6 Å². The van der Waals surface area contributed by atoms with Crippen LogP contribution in [-0.2, 0) is 11.2 Å². The molecule has 0 aromatic carbocycles. The quantitative estimate of drug-likeness (QED) is 0.645. The fourth-order valence-electron chi connectivity index (χ4n) is 1.13. The monoisotopic (exact) mass is 257 g/mol. The van der Waals surface area contributed by atoms with Crippen LogP contribution < -0.4 is 10.6 Å². The molecule has 94 valence electrons. The number of carboxylic acid groups (broad SMARTS) is 1. The maximum absolute atomic E-state index is 11.2. The molecule has 1 heterocycles. The SMILES string of the molecule is CCNCC(=O)NCCc1nc(C(=O)O)cs1. The number of aromatic carboxylic acids is 1. The Kier molecular flexibility index (Phi) is 5.58. The Morgan fingerprint density at radius 3 is 2.88 bits per heavy atom. The van der Waals surface area contributed by atoms with Crippen molar-refractivity contribution in [3.8, 4) is 0 Å². The van der Waals surface area contributed by atoms with Gasteiger partial charge in [0, 0.05) is 18.3 Å². The summed E-state index contributed by atoms with van der Waals surface area (Å²) in [6.45, 7) is 3.45. The molecule has 0 unspecified atom stereocenters. The van der Waals surface area contributed by atoms with Gasteiger partial charge in [-0.25, -0.2) is 9.78 Å². The number of carboxylic acids is 1. The van der Waals surface area contributed by atoms with Gasteiger partial charge >= 0.3 is 5.97 Å². The van der Waals surface area contributed by atoms with E-state index in [4.69, 9.17) is 5.11 Å². The second-order valence-electron chi connectivity index (χ2n) is 3.31. The van der Waals surface area contributed by atoms with Gasteiger partial charge in [0.15, 0.2) is 5.69 Å². The second kappa shape index (κ2) is 6.97. The Bertz CT molecular complexity index is 392. The van der Waals surface area contributed by atoms with Crippen molar-refractivity contribution in [2.75, 3.05) is 19.6 Å². The lowest BCUT2D eigenvalue weighted by molar-refractivity contribution is -0.120. The Morgan fingerprint density at radius 2 is 2.29 bits per heavy atom. The predicted octanol–water partition coefficient (Wildman–Crippen LogP) is 0.110. The lowest BCUT2D eigenvalue weighted by Gasteiger charge is -2.03. The molecule has 7 heteroatoms. The number of likely N-dealkylation sites (N-methyl/N-ethyl adjacent to an activating group) is 1. The van der Waals surface area contributed by atoms with E-state index in [0.717, 1.165) is 6.54 Å². The van der Waals surface area contributed by atoms with Crippen molar-refractivity contribution in [3.05, 3.63) is 16.1 Å². The van der Waals surface area contributed by atoms with Gasteiger partial charge in [-0.05, 0) is 6.54 Å². The highest BCUT2D eigenvalue weighted by Gasteiger charge is 2.08. The maximum atomic E-state index is 11.2. The van der Waals surface area contributed by atoms with Crippen LogP contribution in [0.2, 0.25) is 0 Å². The average Bonchev–Trinajstić information content (AvgIpc) is 2.75. The third kappa shape index (κ3) is 4.92. The Morgan fingerprint density at radius 1 is 1.53 bits per heavy atom. The van der Waals surface area contributed by atoms with Crippen molar-refractivity contribution >= 4 is 23.2 Å². The van der Waals surface area contributed by atoms with Crippen LogP contribution in [0.5, 0.6) is 0 Å². The fourth-order valence-corrected chi connectivity index (χ4v) is 1.91. The molecule has 1 aromatic heterocycles. The maximum Gasteiger partial charge on any atom is 0.355 e. The minimum absolute atomic E-state index is 0.0592. The van der Waals surface area contributed by atoms with Gasteiger partial charge < -0.3 is 15.7 Å². The lowest BCUT2D eigenvalue weighted by atomic mass is 10.4. The van der Waals surface area contributed by atoms with Gasteiger partial charge in [-0.15, -0.1) is 11.3 Å². The first-order chi connectivity index (χ1) is 8.13. The Hall–Kier alpha value is -1.47. The van der Waals surface area contributed by atoms with Gasteiger partial charge in [-0.2, -0.15) is 0 Å². The largest absolute Gasteiger partial charge is 0.476 e. The molecule has 1 amide bonds. The molecule has 0 fully saturated rings. The lowest BCUT2D eigenvalue weighted by Crippen LogP contribution is -2.34. The topological polar surface area (TPSA) is 91.3 Å². The minimum Gasteiger partial charge on any atom is -0.476 e. The van der Waals surface area contributed by atoms with E-state index in [0.29, 0.717) is 24.5 Å². The molecule has 6 nitrogen and oxygen atoms in total. The number of carbonyl (C=O) groups is 2. The number of nitrogens with zero attached hydrogens (tertiary/aromatic N) is 1. The first-order valence-corrected chi connectivity index (χ1v) is 6.16. The van der Waals surface area contributed by atoms with Crippen LogP contribution in [0.1, 0.15) is 22.4 Å². The molecule has 1 rings (SSSR count). The average molecular weight is 257 g/mol. The summed E-state index contributed by atoms with van der Waals surface area (Å²) < 4.78 is 0. The molecular formula is C10H15N3O3S. The number of thiazole rings is 1. The van der Waals surface area contributed by atoms with E-state index in [1.165, 1.54) is 16.7 Å². The van der Waals surface area contributed by atoms with Gasteiger partial charge in [-0.1, -0.05) is 6.92 Å². The molecule has 0 bridgehead atoms. The van der Waals surface area contributed by atoms with E-state index in [9.17, 15) is 9.59 Å². The van der Waals surface area contributed by atoms with Crippen molar-refractivity contribution < 1.29 is 14.7 Å². The van der Waals surface area contributed by atoms with Gasteiger partial charge in [0.1, 0.15) is 0 Å². The van der Waals surface area contributed by atoms with Crippen LogP contribution in [-0.4, -0.2) is 41.6 Å². The molecule has 17 heavy (non-hydrogen) atoms. The van der Waals surface area contributed by atoms with Gasteiger partial charge in [-0.3, -0.25) is 4.79 Å². The van der Waals surface area contributed by atoms with Crippen molar-refractivity contribution in [3.63, 3.8) is 0 Å². The standard InChI is InChI=1S/C10H15N3O3S/c1-2-11-5-8(14)12-4-3-9-13-7(6-17-9)10(15)16/h6,11H,2-5H2,1H3,(H,12,14)(H,15,16). The summed E-state index contributed by atoms with van der Waals surface area (Å²) in [5.74, 6) is -1.09. The van der Waals surface area contributed by atoms with Crippen LogP contribution in [0.3, 0.4) is 0 Å². The third-order valence-corrected chi connectivity index (χ3v) is 2.88. The van der Waals surface area contributed by atoms with Crippen molar-refractivity contribution in [2.45, 2.75) is 13.3 Å². The fraction of sp³-hybridized carbons (Fsp3) is 0.500. The van der Waals surface area contributed by atoms with Crippen LogP contribution in [0.25, 0.3) is 0 Å². The number of carbonyl (C=O) groups excluding carboxylic acids is 1. The molecule has 0 saturated carbocycles. The number of rotatable bonds is 7. The summed E-state index contributed by atoms with van der Waals surface area (Å²) >= 11 is 1.29. The number of nitrogens with one attached hydrogen (secondary N) is 2.